The van der Waals surface area contributed by atoms with Crippen LogP contribution in [0.15, 0.2) is 53.3 Å². The van der Waals surface area contributed by atoms with Gasteiger partial charge in [-0.3, -0.25) is 13.9 Å². The molecule has 0 fully saturated rings. The Morgan fingerprint density at radius 3 is 2.28 bits per heavy atom. The van der Waals surface area contributed by atoms with Crippen LogP contribution in [0.3, 0.4) is 0 Å². The first kappa shape index (κ1) is 17.0. The second kappa shape index (κ2) is 6.93. The zero-order chi connectivity index (χ0) is 18.0. The highest BCUT2D eigenvalue weighted by molar-refractivity contribution is 5.81. The fourth-order valence-corrected chi connectivity index (χ4v) is 3.00. The Hall–Kier alpha value is -2.89. The lowest BCUT2D eigenvalue weighted by atomic mass is 10.1. The van der Waals surface area contributed by atoms with Gasteiger partial charge in [0.15, 0.2) is 0 Å². The summed E-state index contributed by atoms with van der Waals surface area (Å²) in [6, 6.07) is 13.1. The summed E-state index contributed by atoms with van der Waals surface area (Å²) in [5.74, 6) is -0.584. The predicted molar refractivity (Wildman–Crippen MR) is 94.8 cm³/mol. The minimum atomic E-state index is -0.318. The number of nitrogens with zero attached hydrogens (tertiary/aromatic N) is 2. The predicted octanol–water partition coefficient (Wildman–Crippen LogP) is 2.84. The van der Waals surface area contributed by atoms with Gasteiger partial charge in [-0.25, -0.2) is 9.18 Å². The monoisotopic (exact) mass is 341 g/mol. The number of aryl methyl sites for hydroxylation is 1. The Balaban J connectivity index is 1.82. The summed E-state index contributed by atoms with van der Waals surface area (Å²) in [6.07, 6.45) is 0. The van der Waals surface area contributed by atoms with Crippen LogP contribution in [0.2, 0.25) is 0 Å². The summed E-state index contributed by atoms with van der Waals surface area (Å²) >= 11 is 0. The molecule has 2 aromatic carbocycles. The maximum absolute atomic E-state index is 13.0. The highest BCUT2D eigenvalue weighted by Crippen LogP contribution is 2.14. The van der Waals surface area contributed by atoms with Crippen LogP contribution in [0.25, 0.3) is 11.0 Å². The van der Waals surface area contributed by atoms with Gasteiger partial charge in [-0.05, 0) is 43.7 Å². The zero-order valence-corrected chi connectivity index (χ0v) is 14.2. The van der Waals surface area contributed by atoms with Gasteiger partial charge in [0.25, 0.3) is 0 Å². The molecule has 0 unspecified atom stereocenters. The number of para-hydroxylation sites is 2. The van der Waals surface area contributed by atoms with E-state index in [0.717, 1.165) is 16.6 Å². The van der Waals surface area contributed by atoms with Crippen molar-refractivity contribution in [2.75, 3.05) is 0 Å². The number of fused-ring (bicyclic) bond motifs is 1. The van der Waals surface area contributed by atoms with E-state index in [-0.39, 0.29) is 30.0 Å². The largest absolute Gasteiger partial charge is 0.348 e. The maximum atomic E-state index is 13.0. The van der Waals surface area contributed by atoms with Crippen molar-refractivity contribution in [2.45, 2.75) is 33.0 Å². The molecule has 0 spiro atoms. The number of hydrogen-bond donors (Lipinski definition) is 1. The highest BCUT2D eigenvalue weighted by atomic mass is 19.1. The molecule has 1 N–H and O–H groups in total. The van der Waals surface area contributed by atoms with Gasteiger partial charge in [-0.15, -0.1) is 0 Å². The van der Waals surface area contributed by atoms with E-state index in [9.17, 15) is 14.0 Å². The van der Waals surface area contributed by atoms with Crippen molar-refractivity contribution in [3.63, 3.8) is 0 Å². The van der Waals surface area contributed by atoms with Crippen LogP contribution in [0, 0.1) is 5.82 Å². The minimum absolute atomic E-state index is 0.0577. The van der Waals surface area contributed by atoms with Crippen molar-refractivity contribution < 1.29 is 9.18 Å². The fourth-order valence-electron chi connectivity index (χ4n) is 3.00. The van der Waals surface area contributed by atoms with Crippen LogP contribution >= 0.6 is 0 Å². The third-order valence-corrected chi connectivity index (χ3v) is 4.29. The standard InChI is InChI=1S/C19H20FN3O2/c1-3-22-16-6-4-5-7-17(16)23(19(22)25)12-18(24)21-13(2)14-8-10-15(20)11-9-14/h4-11,13H,3,12H2,1-2H3,(H,21,24)/t13-/m0/s1. The van der Waals surface area contributed by atoms with Crippen molar-refractivity contribution >= 4 is 16.9 Å². The van der Waals surface area contributed by atoms with Crippen molar-refractivity contribution in [3.8, 4) is 0 Å². The molecule has 1 heterocycles. The first-order valence-corrected chi connectivity index (χ1v) is 8.24. The van der Waals surface area contributed by atoms with Gasteiger partial charge >= 0.3 is 5.69 Å². The number of carbonyl (C=O) groups is 1. The molecule has 0 aliphatic heterocycles. The molecule has 1 atom stereocenters. The van der Waals surface area contributed by atoms with E-state index in [4.69, 9.17) is 0 Å². The summed E-state index contributed by atoms with van der Waals surface area (Å²) in [5, 5.41) is 2.85. The van der Waals surface area contributed by atoms with Gasteiger partial charge < -0.3 is 5.32 Å². The van der Waals surface area contributed by atoms with Crippen molar-refractivity contribution in [2.24, 2.45) is 0 Å². The molecule has 0 saturated heterocycles. The van der Waals surface area contributed by atoms with E-state index in [2.05, 4.69) is 5.32 Å². The van der Waals surface area contributed by atoms with E-state index in [1.807, 2.05) is 38.1 Å². The Labute approximate surface area is 144 Å². The van der Waals surface area contributed by atoms with E-state index in [0.29, 0.717) is 6.54 Å². The Morgan fingerprint density at radius 1 is 1.08 bits per heavy atom. The van der Waals surface area contributed by atoms with Crippen LogP contribution in [0.4, 0.5) is 4.39 Å². The molecule has 0 aliphatic carbocycles. The molecule has 25 heavy (non-hydrogen) atoms. The molecule has 6 heteroatoms. The molecule has 3 aromatic rings. The average molecular weight is 341 g/mol. The Morgan fingerprint density at radius 2 is 1.68 bits per heavy atom. The molecule has 130 valence electrons. The lowest BCUT2D eigenvalue weighted by Crippen LogP contribution is -2.34. The molecule has 0 radical (unpaired) electrons. The first-order valence-electron chi connectivity index (χ1n) is 8.24. The summed E-state index contributed by atoms with van der Waals surface area (Å²) in [6.45, 7) is 4.20. The van der Waals surface area contributed by atoms with Crippen LogP contribution in [0.1, 0.15) is 25.5 Å². The van der Waals surface area contributed by atoms with E-state index < -0.39 is 0 Å². The van der Waals surface area contributed by atoms with Crippen LogP contribution in [-0.4, -0.2) is 15.0 Å². The number of aromatic nitrogens is 2. The van der Waals surface area contributed by atoms with Crippen molar-refractivity contribution in [3.05, 3.63) is 70.4 Å². The molecular formula is C19H20FN3O2. The quantitative estimate of drug-likeness (QED) is 0.776. The van der Waals surface area contributed by atoms with Crippen molar-refractivity contribution in [1.82, 2.24) is 14.5 Å². The lowest BCUT2D eigenvalue weighted by molar-refractivity contribution is -0.122. The number of benzene rings is 2. The SMILES string of the molecule is CCn1c(=O)n(CC(=O)N[C@@H](C)c2ccc(F)cc2)c2ccccc21. The first-order chi connectivity index (χ1) is 12.0. The third kappa shape index (κ3) is 3.33. The molecular weight excluding hydrogens is 321 g/mol. The Bertz CT molecular complexity index is 957. The lowest BCUT2D eigenvalue weighted by Gasteiger charge is -2.14. The van der Waals surface area contributed by atoms with Crippen molar-refractivity contribution in [1.29, 1.82) is 0 Å². The molecule has 0 saturated carbocycles. The fraction of sp³-hybridized carbons (Fsp3) is 0.263. The second-order valence-corrected chi connectivity index (χ2v) is 5.94. The number of hydrogen-bond acceptors (Lipinski definition) is 2. The van der Waals surface area contributed by atoms with Gasteiger partial charge in [-0.2, -0.15) is 0 Å². The molecule has 1 amide bonds. The van der Waals surface area contributed by atoms with Crippen LogP contribution < -0.4 is 11.0 Å². The molecule has 5 nitrogen and oxygen atoms in total. The topological polar surface area (TPSA) is 56.0 Å². The van der Waals surface area contributed by atoms with Gasteiger partial charge in [0.05, 0.1) is 17.1 Å². The number of carbonyl (C=O) groups excluding carboxylic acids is 1. The van der Waals surface area contributed by atoms with Crippen LogP contribution in [-0.2, 0) is 17.9 Å². The second-order valence-electron chi connectivity index (χ2n) is 5.94. The number of amides is 1. The molecule has 3 rings (SSSR count). The Kier molecular flexibility index (Phi) is 4.70. The summed E-state index contributed by atoms with van der Waals surface area (Å²) in [4.78, 5) is 25.0. The number of nitrogens with one attached hydrogen (secondary N) is 1. The van der Waals surface area contributed by atoms with Gasteiger partial charge in [0, 0.05) is 6.54 Å². The minimum Gasteiger partial charge on any atom is -0.348 e. The number of imidazole rings is 1. The van der Waals surface area contributed by atoms with Gasteiger partial charge in [0.1, 0.15) is 12.4 Å². The molecule has 0 aliphatic rings. The number of rotatable bonds is 5. The summed E-state index contributed by atoms with van der Waals surface area (Å²) < 4.78 is 16.1. The van der Waals surface area contributed by atoms with E-state index in [1.165, 1.54) is 16.7 Å². The zero-order valence-electron chi connectivity index (χ0n) is 14.2. The summed E-state index contributed by atoms with van der Waals surface area (Å²) in [7, 11) is 0. The summed E-state index contributed by atoms with van der Waals surface area (Å²) in [5.41, 5.74) is 2.15. The highest BCUT2D eigenvalue weighted by Gasteiger charge is 2.16. The maximum Gasteiger partial charge on any atom is 0.329 e. The number of halogens is 1. The molecule has 0 bridgehead atoms. The van der Waals surface area contributed by atoms with Gasteiger partial charge in [0.2, 0.25) is 5.91 Å². The molecule has 1 aromatic heterocycles. The van der Waals surface area contributed by atoms with E-state index in [1.54, 1.807) is 16.7 Å². The van der Waals surface area contributed by atoms with Crippen LogP contribution in [0.5, 0.6) is 0 Å². The third-order valence-electron chi connectivity index (χ3n) is 4.29. The van der Waals surface area contributed by atoms with Gasteiger partial charge in [-0.1, -0.05) is 24.3 Å². The smallest absolute Gasteiger partial charge is 0.329 e. The normalized spacial score (nSPS) is 12.3. The van der Waals surface area contributed by atoms with E-state index >= 15 is 0 Å². The average Bonchev–Trinajstić information content (AvgIpc) is 2.87.